The molecule has 0 aromatic heterocycles. The summed E-state index contributed by atoms with van der Waals surface area (Å²) in [5.74, 6) is -0.808. The Labute approximate surface area is 101 Å². The van der Waals surface area contributed by atoms with E-state index in [0.29, 0.717) is 19.3 Å². The van der Waals surface area contributed by atoms with Crippen LogP contribution in [0.4, 0.5) is 0 Å². The Morgan fingerprint density at radius 2 is 2.24 bits per heavy atom. The van der Waals surface area contributed by atoms with Gasteiger partial charge in [0, 0.05) is 0 Å². The van der Waals surface area contributed by atoms with Crippen molar-refractivity contribution in [2.75, 3.05) is 6.61 Å². The van der Waals surface area contributed by atoms with Gasteiger partial charge in [-0.05, 0) is 39.0 Å². The second-order valence-corrected chi connectivity index (χ2v) is 5.58. The van der Waals surface area contributed by atoms with Crippen LogP contribution < -0.4 is 0 Å². The molecule has 1 aliphatic carbocycles. The number of hydrogen-bond acceptors (Lipinski definition) is 3. The molecule has 0 spiro atoms. The van der Waals surface area contributed by atoms with Gasteiger partial charge in [-0.25, -0.2) is 0 Å². The molecule has 1 saturated heterocycles. The molecule has 0 radical (unpaired) electrons. The van der Waals surface area contributed by atoms with E-state index >= 15 is 0 Å². The first-order chi connectivity index (χ1) is 7.94. The summed E-state index contributed by atoms with van der Waals surface area (Å²) in [6.45, 7) is 5.42. The number of carboxylic acid groups (broad SMARTS) is 1. The van der Waals surface area contributed by atoms with Crippen molar-refractivity contribution in [2.24, 2.45) is 5.41 Å². The first-order valence-electron chi connectivity index (χ1n) is 6.09. The summed E-state index contributed by atoms with van der Waals surface area (Å²) >= 11 is 0. The summed E-state index contributed by atoms with van der Waals surface area (Å²) < 4.78 is 6.01. The fourth-order valence-corrected chi connectivity index (χ4v) is 3.64. The number of aliphatic hydroxyl groups is 1. The van der Waals surface area contributed by atoms with Gasteiger partial charge >= 0.3 is 5.97 Å². The SMILES string of the molecule is C=CC[C@@]1(C)OC2(CO)CCCC1(C(=O)O)C2. The Bertz CT molecular complexity index is 353. The molecule has 4 heteroatoms. The van der Waals surface area contributed by atoms with Crippen LogP contribution in [0.15, 0.2) is 12.7 Å². The average Bonchev–Trinajstić information content (AvgIpc) is 2.46. The molecular formula is C13H20O4. The minimum absolute atomic E-state index is 0.102. The van der Waals surface area contributed by atoms with Crippen LogP contribution in [-0.2, 0) is 9.53 Å². The molecule has 3 atom stereocenters. The van der Waals surface area contributed by atoms with Crippen LogP contribution >= 0.6 is 0 Å². The van der Waals surface area contributed by atoms with Crippen LogP contribution in [0, 0.1) is 5.41 Å². The van der Waals surface area contributed by atoms with Crippen LogP contribution in [0.2, 0.25) is 0 Å². The zero-order valence-corrected chi connectivity index (χ0v) is 10.2. The maximum atomic E-state index is 11.7. The standard InChI is InChI=1S/C13H20O4/c1-3-5-11(2)13(10(15)16)7-4-6-12(8-13,9-14)17-11/h3,14H,1,4-9H2,2H3,(H,15,16)/t11-,12?,13?/m1/s1. The van der Waals surface area contributed by atoms with Gasteiger partial charge in [0.25, 0.3) is 0 Å². The van der Waals surface area contributed by atoms with E-state index in [1.165, 1.54) is 0 Å². The van der Waals surface area contributed by atoms with Gasteiger partial charge in [0.15, 0.2) is 0 Å². The van der Waals surface area contributed by atoms with E-state index in [9.17, 15) is 15.0 Å². The van der Waals surface area contributed by atoms with Gasteiger partial charge in [-0.3, -0.25) is 4.79 Å². The summed E-state index contributed by atoms with van der Waals surface area (Å²) in [7, 11) is 0. The van der Waals surface area contributed by atoms with Crippen molar-refractivity contribution in [2.45, 2.75) is 50.2 Å². The van der Waals surface area contributed by atoms with Crippen LogP contribution in [0.3, 0.4) is 0 Å². The highest BCUT2D eigenvalue weighted by atomic mass is 16.5. The molecule has 0 aromatic carbocycles. The number of carboxylic acids is 1. The fraction of sp³-hybridized carbons (Fsp3) is 0.769. The van der Waals surface area contributed by atoms with Crippen molar-refractivity contribution >= 4 is 5.97 Å². The molecule has 1 aliphatic heterocycles. The summed E-state index contributed by atoms with van der Waals surface area (Å²) in [6.07, 6.45) is 4.77. The van der Waals surface area contributed by atoms with Gasteiger partial charge in [-0.2, -0.15) is 0 Å². The molecule has 96 valence electrons. The molecule has 0 amide bonds. The van der Waals surface area contributed by atoms with Gasteiger partial charge in [0.05, 0.1) is 23.2 Å². The molecule has 1 heterocycles. The van der Waals surface area contributed by atoms with Crippen LogP contribution in [-0.4, -0.2) is 34.0 Å². The lowest BCUT2D eigenvalue weighted by Crippen LogP contribution is -2.48. The smallest absolute Gasteiger partial charge is 0.312 e. The topological polar surface area (TPSA) is 66.8 Å². The van der Waals surface area contributed by atoms with Crippen LogP contribution in [0.25, 0.3) is 0 Å². The minimum Gasteiger partial charge on any atom is -0.481 e. The molecule has 2 unspecified atom stereocenters. The molecule has 17 heavy (non-hydrogen) atoms. The average molecular weight is 240 g/mol. The van der Waals surface area contributed by atoms with E-state index in [0.717, 1.165) is 12.8 Å². The third-order valence-electron chi connectivity index (χ3n) is 4.55. The molecule has 0 aromatic rings. The highest BCUT2D eigenvalue weighted by Crippen LogP contribution is 2.60. The third kappa shape index (κ3) is 1.54. The highest BCUT2D eigenvalue weighted by Gasteiger charge is 2.67. The van der Waals surface area contributed by atoms with Crippen molar-refractivity contribution in [3.63, 3.8) is 0 Å². The van der Waals surface area contributed by atoms with Gasteiger partial charge in [0.1, 0.15) is 0 Å². The predicted molar refractivity (Wildman–Crippen MR) is 62.7 cm³/mol. The van der Waals surface area contributed by atoms with Crippen molar-refractivity contribution < 1.29 is 19.7 Å². The zero-order valence-electron chi connectivity index (χ0n) is 10.2. The predicted octanol–water partition coefficient (Wildman–Crippen LogP) is 1.73. The quantitative estimate of drug-likeness (QED) is 0.734. The lowest BCUT2D eigenvalue weighted by atomic mass is 9.62. The monoisotopic (exact) mass is 240 g/mol. The van der Waals surface area contributed by atoms with Crippen LogP contribution in [0.1, 0.15) is 39.0 Å². The van der Waals surface area contributed by atoms with Gasteiger partial charge in [0.2, 0.25) is 0 Å². The molecule has 2 N–H and O–H groups in total. The molecule has 2 bridgehead atoms. The summed E-state index contributed by atoms with van der Waals surface area (Å²) in [5, 5.41) is 19.1. The van der Waals surface area contributed by atoms with Gasteiger partial charge in [-0.15, -0.1) is 6.58 Å². The summed E-state index contributed by atoms with van der Waals surface area (Å²) in [4.78, 5) is 11.7. The van der Waals surface area contributed by atoms with E-state index in [1.54, 1.807) is 6.08 Å². The van der Waals surface area contributed by atoms with Gasteiger partial charge < -0.3 is 14.9 Å². The summed E-state index contributed by atoms with van der Waals surface area (Å²) in [5.41, 5.74) is -2.28. The van der Waals surface area contributed by atoms with E-state index in [4.69, 9.17) is 4.74 Å². The number of aliphatic carboxylic acids is 1. The Hall–Kier alpha value is -0.870. The molecular weight excluding hydrogens is 220 g/mol. The van der Waals surface area contributed by atoms with Crippen molar-refractivity contribution in [1.29, 1.82) is 0 Å². The normalized spacial score (nSPS) is 44.6. The first kappa shape index (κ1) is 12.6. The number of rotatable bonds is 4. The molecule has 2 rings (SSSR count). The molecule has 2 fully saturated rings. The minimum atomic E-state index is -0.873. The fourth-order valence-electron chi connectivity index (χ4n) is 3.64. The number of aliphatic hydroxyl groups excluding tert-OH is 1. The molecule has 1 saturated carbocycles. The number of carbonyl (C=O) groups is 1. The second kappa shape index (κ2) is 3.82. The van der Waals surface area contributed by atoms with Crippen molar-refractivity contribution in [1.82, 2.24) is 0 Å². The second-order valence-electron chi connectivity index (χ2n) is 5.58. The Morgan fingerprint density at radius 1 is 1.53 bits per heavy atom. The largest absolute Gasteiger partial charge is 0.481 e. The number of fused-ring (bicyclic) bond motifs is 2. The van der Waals surface area contributed by atoms with Crippen molar-refractivity contribution in [3.05, 3.63) is 12.7 Å². The maximum absolute atomic E-state index is 11.7. The van der Waals surface area contributed by atoms with Crippen LogP contribution in [0.5, 0.6) is 0 Å². The third-order valence-corrected chi connectivity index (χ3v) is 4.55. The number of hydrogen-bond donors (Lipinski definition) is 2. The van der Waals surface area contributed by atoms with E-state index in [-0.39, 0.29) is 6.61 Å². The highest BCUT2D eigenvalue weighted by molar-refractivity contribution is 5.77. The maximum Gasteiger partial charge on any atom is 0.312 e. The van der Waals surface area contributed by atoms with Gasteiger partial charge in [-0.1, -0.05) is 6.08 Å². The van der Waals surface area contributed by atoms with Crippen molar-refractivity contribution in [3.8, 4) is 0 Å². The Kier molecular flexibility index (Phi) is 2.83. The van der Waals surface area contributed by atoms with E-state index in [2.05, 4.69) is 6.58 Å². The Balaban J connectivity index is 2.45. The zero-order chi connectivity index (χ0) is 12.7. The number of ether oxygens (including phenoxy) is 1. The lowest BCUT2D eigenvalue weighted by Gasteiger charge is -2.38. The lowest BCUT2D eigenvalue weighted by molar-refractivity contribution is -0.163. The summed E-state index contributed by atoms with van der Waals surface area (Å²) in [6, 6.07) is 0. The molecule has 2 aliphatic rings. The molecule has 4 nitrogen and oxygen atoms in total. The van der Waals surface area contributed by atoms with E-state index in [1.807, 2.05) is 6.92 Å². The first-order valence-corrected chi connectivity index (χ1v) is 6.09. The van der Waals surface area contributed by atoms with E-state index < -0.39 is 22.6 Å². The Morgan fingerprint density at radius 3 is 2.76 bits per heavy atom.